The van der Waals surface area contributed by atoms with E-state index >= 15 is 0 Å². The van der Waals surface area contributed by atoms with Crippen LogP contribution in [-0.2, 0) is 90.3 Å². The minimum Gasteiger partial charge on any atom is -0.463 e. The van der Waals surface area contributed by atoms with Crippen LogP contribution in [0.5, 0.6) is 0 Å². The second-order valence-corrected chi connectivity index (χ2v) is 21.0. The number of fused-ring (bicyclic) bond motifs is 3. The normalized spacial score (nSPS) is 45.6. The summed E-state index contributed by atoms with van der Waals surface area (Å²) in [7, 11) is 4.20. The standard InChI is InChI=1S/C50H74O23/c1-21-17-31(70-47-43(67-25(5)54)42(61-11)39(22(2)64-47)72-45-38(59)37(58)36(57)32(20-51)71-45)41(60-10)46(63-21)69-29-14-16-48(7)28-13-15-49(8,33-19-34(56)73-50(33,9)62-12)44(68-26(6)55)27(28)18-30(65-23(3)52)35(48)40(29)66-24(4)53/h14,19,21-22,27-28,30-32,35-47,51,57-59H,13,15-18,20H2,1-12H3/t21-,22+,27?,28?,30-,31+,32+,35?,36+,37+,38+,39+,40-,41+,42+,43+,44+,45-,46-,47-,48+,49+,50+/m0/s1. The topological polar surface area (TPSA) is 295 Å². The SMILES string of the molecule is CO[C@H]1[C@@H](OC(C)=O)[C@H](O[C@@H]2C[C@H](C)O[C@@H](OC3=CC[C@]4(C)C5CC[C@](C)(C6=CC(=O)O[C@@]6(C)OC)[C@H](OC(C)=O)C5C[C@H](OC(C)=O)C4[C@H]3OC(C)=O)[C@@H]2OC)O[C@H](C)[C@H]1O[C@@H]1O[C@H](CO)[C@@H](O)[C@@H](O)[C@H]1O. The second-order valence-electron chi connectivity index (χ2n) is 21.0. The number of ether oxygens (including phenoxy) is 14. The predicted octanol–water partition coefficient (Wildman–Crippen LogP) is 1.40. The Hall–Kier alpha value is -3.85. The lowest BCUT2D eigenvalue weighted by molar-refractivity contribution is -0.370. The highest BCUT2D eigenvalue weighted by atomic mass is 16.8. The van der Waals surface area contributed by atoms with Crippen molar-refractivity contribution >= 4 is 29.8 Å². The summed E-state index contributed by atoms with van der Waals surface area (Å²) in [4.78, 5) is 64.7. The maximum absolute atomic E-state index is 13.2. The fourth-order valence-electron chi connectivity index (χ4n) is 12.9. The number of esters is 5. The summed E-state index contributed by atoms with van der Waals surface area (Å²) < 4.78 is 85.5. The maximum Gasteiger partial charge on any atom is 0.333 e. The Balaban J connectivity index is 1.17. The van der Waals surface area contributed by atoms with Crippen molar-refractivity contribution in [3.63, 3.8) is 0 Å². The Morgan fingerprint density at radius 3 is 1.99 bits per heavy atom. The van der Waals surface area contributed by atoms with Gasteiger partial charge in [0.25, 0.3) is 0 Å². The van der Waals surface area contributed by atoms with Crippen molar-refractivity contribution in [2.75, 3.05) is 27.9 Å². The molecule has 412 valence electrons. The number of carbonyl (C=O) groups excluding carboxylic acids is 5. The van der Waals surface area contributed by atoms with Crippen LogP contribution in [0.25, 0.3) is 0 Å². The zero-order valence-electron chi connectivity index (χ0n) is 43.5. The van der Waals surface area contributed by atoms with Crippen LogP contribution in [0.4, 0.5) is 0 Å². The summed E-state index contributed by atoms with van der Waals surface area (Å²) in [6, 6.07) is 0. The van der Waals surface area contributed by atoms with E-state index in [4.69, 9.17) is 66.3 Å². The van der Waals surface area contributed by atoms with Crippen LogP contribution in [0, 0.1) is 28.6 Å². The molecule has 7 rings (SSSR count). The third-order valence-corrected chi connectivity index (χ3v) is 16.2. The van der Waals surface area contributed by atoms with Crippen LogP contribution in [0.3, 0.4) is 0 Å². The molecule has 4 aliphatic heterocycles. The number of rotatable bonds is 15. The first-order chi connectivity index (χ1) is 34.3. The molecule has 4 N–H and O–H groups in total. The second kappa shape index (κ2) is 22.4. The lowest BCUT2D eigenvalue weighted by Crippen LogP contribution is -2.65. The molecule has 4 heterocycles. The number of cyclic esters (lactones) is 1. The molecule has 7 aliphatic rings. The van der Waals surface area contributed by atoms with Crippen molar-refractivity contribution in [2.24, 2.45) is 28.6 Å². The number of methoxy groups -OCH3 is 3. The first kappa shape index (κ1) is 56.9. The average molecular weight is 1040 g/mol. The third-order valence-electron chi connectivity index (χ3n) is 16.2. The van der Waals surface area contributed by atoms with Gasteiger partial charge in [-0.1, -0.05) is 13.8 Å². The van der Waals surface area contributed by atoms with E-state index in [1.165, 1.54) is 55.1 Å². The van der Waals surface area contributed by atoms with Crippen molar-refractivity contribution in [3.8, 4) is 0 Å². The first-order valence-corrected chi connectivity index (χ1v) is 24.9. The minimum absolute atomic E-state index is 0.183. The van der Waals surface area contributed by atoms with Gasteiger partial charge in [0, 0.05) is 91.3 Å². The molecule has 0 bridgehead atoms. The van der Waals surface area contributed by atoms with E-state index in [-0.39, 0.29) is 24.5 Å². The van der Waals surface area contributed by atoms with Gasteiger partial charge >= 0.3 is 29.8 Å². The molecular formula is C50H74O23. The van der Waals surface area contributed by atoms with Gasteiger partial charge in [-0.05, 0) is 56.9 Å². The number of aliphatic hydroxyl groups excluding tert-OH is 4. The molecule has 0 amide bonds. The number of hydrogen-bond acceptors (Lipinski definition) is 23. The van der Waals surface area contributed by atoms with Crippen LogP contribution in [0.2, 0.25) is 0 Å². The van der Waals surface area contributed by atoms with Crippen molar-refractivity contribution in [3.05, 3.63) is 23.5 Å². The Labute approximate surface area is 424 Å². The molecule has 3 aliphatic carbocycles. The van der Waals surface area contributed by atoms with Crippen LogP contribution < -0.4 is 0 Å². The van der Waals surface area contributed by atoms with E-state index in [0.29, 0.717) is 24.8 Å². The van der Waals surface area contributed by atoms with Crippen LogP contribution in [0.1, 0.15) is 94.4 Å². The highest BCUT2D eigenvalue weighted by Gasteiger charge is 2.67. The van der Waals surface area contributed by atoms with Crippen LogP contribution in [0.15, 0.2) is 23.5 Å². The van der Waals surface area contributed by atoms with Crippen molar-refractivity contribution in [2.45, 2.75) is 205 Å². The van der Waals surface area contributed by atoms with Gasteiger partial charge in [-0.3, -0.25) is 19.2 Å². The van der Waals surface area contributed by atoms with Crippen LogP contribution in [-0.4, -0.2) is 188 Å². The van der Waals surface area contributed by atoms with Gasteiger partial charge in [-0.25, -0.2) is 4.79 Å². The number of hydrogen-bond donors (Lipinski definition) is 4. The number of allylic oxidation sites excluding steroid dienone is 1. The monoisotopic (exact) mass is 1040 g/mol. The largest absolute Gasteiger partial charge is 0.463 e. The highest BCUT2D eigenvalue weighted by molar-refractivity contribution is 5.87. The quantitative estimate of drug-likeness (QED) is 0.133. The van der Waals surface area contributed by atoms with Crippen molar-refractivity contribution < 1.29 is 111 Å². The van der Waals surface area contributed by atoms with E-state index in [0.717, 1.165) is 0 Å². The Morgan fingerprint density at radius 2 is 1.38 bits per heavy atom. The molecule has 23 nitrogen and oxygen atoms in total. The molecule has 5 fully saturated rings. The highest BCUT2D eigenvalue weighted by Crippen LogP contribution is 2.65. The maximum atomic E-state index is 13.2. The summed E-state index contributed by atoms with van der Waals surface area (Å²) in [6.45, 7) is 13.4. The first-order valence-electron chi connectivity index (χ1n) is 24.9. The van der Waals surface area contributed by atoms with E-state index in [9.17, 15) is 44.4 Å². The molecule has 0 aromatic rings. The summed E-state index contributed by atoms with van der Waals surface area (Å²) >= 11 is 0. The molecule has 0 radical (unpaired) electrons. The summed E-state index contributed by atoms with van der Waals surface area (Å²) in [5.41, 5.74) is -1.19. The average Bonchev–Trinajstić information content (AvgIpc) is 3.63. The van der Waals surface area contributed by atoms with Crippen LogP contribution >= 0.6 is 0 Å². The Morgan fingerprint density at radius 1 is 0.726 bits per heavy atom. The fraction of sp³-hybridized carbons (Fsp3) is 0.820. The lowest BCUT2D eigenvalue weighted by Gasteiger charge is -2.62. The minimum atomic E-state index is -1.75. The number of aliphatic hydroxyl groups is 4. The number of carbonyl (C=O) groups is 5. The molecule has 0 spiro atoms. The van der Waals surface area contributed by atoms with Gasteiger partial charge in [0.05, 0.1) is 24.9 Å². The molecule has 3 saturated heterocycles. The molecule has 73 heavy (non-hydrogen) atoms. The van der Waals surface area contributed by atoms with Gasteiger partial charge in [-0.15, -0.1) is 0 Å². The summed E-state index contributed by atoms with van der Waals surface area (Å²) in [6.07, 6.45) is -15.3. The lowest BCUT2D eigenvalue weighted by atomic mass is 9.45. The fourth-order valence-corrected chi connectivity index (χ4v) is 12.9. The Kier molecular flexibility index (Phi) is 17.4. The van der Waals surface area contributed by atoms with Gasteiger partial charge in [0.2, 0.25) is 12.1 Å². The van der Waals surface area contributed by atoms with Crippen molar-refractivity contribution in [1.29, 1.82) is 0 Å². The molecule has 0 aromatic heterocycles. The van der Waals surface area contributed by atoms with E-state index in [1.54, 1.807) is 20.8 Å². The molecule has 23 heteroatoms. The Bertz CT molecular complexity index is 2100. The smallest absolute Gasteiger partial charge is 0.333 e. The molecule has 23 atom stereocenters. The van der Waals surface area contributed by atoms with Gasteiger partial charge in [0.15, 0.2) is 24.8 Å². The van der Waals surface area contributed by atoms with Gasteiger partial charge < -0.3 is 86.7 Å². The van der Waals surface area contributed by atoms with E-state index in [1.807, 2.05) is 19.9 Å². The zero-order chi connectivity index (χ0) is 53.6. The summed E-state index contributed by atoms with van der Waals surface area (Å²) in [5.74, 6) is -5.61. The van der Waals surface area contributed by atoms with Crippen molar-refractivity contribution in [1.82, 2.24) is 0 Å². The van der Waals surface area contributed by atoms with E-state index < -0.39 is 169 Å². The molecule has 3 unspecified atom stereocenters. The molecule has 0 aromatic carbocycles. The van der Waals surface area contributed by atoms with Gasteiger partial charge in [0.1, 0.15) is 60.7 Å². The third kappa shape index (κ3) is 11.1. The molecule has 2 saturated carbocycles. The summed E-state index contributed by atoms with van der Waals surface area (Å²) in [5, 5.41) is 41.4. The predicted molar refractivity (Wildman–Crippen MR) is 245 cm³/mol. The van der Waals surface area contributed by atoms with E-state index in [2.05, 4.69) is 0 Å². The van der Waals surface area contributed by atoms with Gasteiger partial charge in [-0.2, -0.15) is 0 Å². The molecular weight excluding hydrogens is 969 g/mol. The zero-order valence-corrected chi connectivity index (χ0v) is 43.5.